The van der Waals surface area contributed by atoms with Gasteiger partial charge in [0.2, 0.25) is 5.91 Å². The van der Waals surface area contributed by atoms with Crippen molar-refractivity contribution in [1.82, 2.24) is 9.80 Å². The Kier molecular flexibility index (Phi) is 5.26. The van der Waals surface area contributed by atoms with E-state index in [-0.39, 0.29) is 11.9 Å². The monoisotopic (exact) mass is 330 g/mol. The topological polar surface area (TPSA) is 32.8 Å². The third-order valence-corrected chi connectivity index (χ3v) is 5.92. The number of likely N-dealkylation sites (tertiary alicyclic amines) is 1. The molecule has 2 saturated heterocycles. The Morgan fingerprint density at radius 2 is 1.75 bits per heavy atom. The summed E-state index contributed by atoms with van der Waals surface area (Å²) in [6.07, 6.45) is 4.56. The number of carbonyl (C=O) groups excluding carboxylic acids is 1. The van der Waals surface area contributed by atoms with Crippen molar-refractivity contribution in [2.24, 2.45) is 5.41 Å². The molecule has 132 valence electrons. The van der Waals surface area contributed by atoms with Crippen LogP contribution in [0, 0.1) is 12.3 Å². The number of ether oxygens (including phenoxy) is 1. The lowest BCUT2D eigenvalue weighted by Gasteiger charge is -2.45. The largest absolute Gasteiger partial charge is 0.381 e. The smallest absolute Gasteiger partial charge is 0.244 e. The summed E-state index contributed by atoms with van der Waals surface area (Å²) < 4.78 is 5.52. The maximum atomic E-state index is 13.2. The molecule has 1 spiro atoms. The third-order valence-electron chi connectivity index (χ3n) is 5.92. The summed E-state index contributed by atoms with van der Waals surface area (Å²) in [4.78, 5) is 17.3. The van der Waals surface area contributed by atoms with E-state index in [4.69, 9.17) is 4.74 Å². The molecule has 0 aromatic heterocycles. The molecule has 1 unspecified atom stereocenters. The van der Waals surface area contributed by atoms with Gasteiger partial charge in [0.1, 0.15) is 6.04 Å². The van der Waals surface area contributed by atoms with Crippen LogP contribution in [0.15, 0.2) is 24.3 Å². The molecule has 0 N–H and O–H groups in total. The first-order valence-corrected chi connectivity index (χ1v) is 9.11. The summed E-state index contributed by atoms with van der Waals surface area (Å²) in [5.41, 5.74) is 2.73. The number of piperidine rings is 1. The van der Waals surface area contributed by atoms with Gasteiger partial charge in [-0.3, -0.25) is 9.69 Å². The standard InChI is InChI=1S/C20H30N2O2/c1-16-6-4-5-7-17(16)18(21(2)3)19(23)22-12-8-20(9-13-22)10-14-24-15-11-20/h4-7,18H,8-15H2,1-3H3. The highest BCUT2D eigenvalue weighted by Gasteiger charge is 2.39. The number of hydrogen-bond donors (Lipinski definition) is 0. The van der Waals surface area contributed by atoms with Crippen LogP contribution < -0.4 is 0 Å². The van der Waals surface area contributed by atoms with Gasteiger partial charge in [-0.1, -0.05) is 24.3 Å². The number of rotatable bonds is 3. The first kappa shape index (κ1) is 17.4. The Balaban J connectivity index is 1.72. The molecule has 2 fully saturated rings. The van der Waals surface area contributed by atoms with Gasteiger partial charge in [0, 0.05) is 26.3 Å². The summed E-state index contributed by atoms with van der Waals surface area (Å²) in [6.45, 7) is 5.63. The van der Waals surface area contributed by atoms with E-state index in [2.05, 4.69) is 24.0 Å². The molecule has 0 radical (unpaired) electrons. The van der Waals surface area contributed by atoms with Gasteiger partial charge in [0.15, 0.2) is 0 Å². The molecule has 2 aliphatic rings. The van der Waals surface area contributed by atoms with Crippen molar-refractivity contribution in [3.63, 3.8) is 0 Å². The lowest BCUT2D eigenvalue weighted by atomic mass is 9.72. The highest BCUT2D eigenvalue weighted by Crippen LogP contribution is 2.41. The first-order valence-electron chi connectivity index (χ1n) is 9.11. The van der Waals surface area contributed by atoms with Crippen LogP contribution in [0.3, 0.4) is 0 Å². The van der Waals surface area contributed by atoms with E-state index in [0.717, 1.165) is 57.6 Å². The molecule has 2 heterocycles. The summed E-state index contributed by atoms with van der Waals surface area (Å²) in [7, 11) is 4.00. The van der Waals surface area contributed by atoms with Crippen molar-refractivity contribution in [3.8, 4) is 0 Å². The van der Waals surface area contributed by atoms with Crippen molar-refractivity contribution in [1.29, 1.82) is 0 Å². The molecule has 1 aromatic rings. The zero-order valence-electron chi connectivity index (χ0n) is 15.3. The fourth-order valence-corrected chi connectivity index (χ4v) is 4.20. The molecule has 3 rings (SSSR count). The van der Waals surface area contributed by atoms with Crippen molar-refractivity contribution < 1.29 is 9.53 Å². The first-order chi connectivity index (χ1) is 11.5. The van der Waals surface area contributed by atoms with E-state index in [9.17, 15) is 4.79 Å². The van der Waals surface area contributed by atoms with Gasteiger partial charge < -0.3 is 9.64 Å². The average molecular weight is 330 g/mol. The van der Waals surface area contributed by atoms with Crippen LogP contribution in [0.1, 0.15) is 42.9 Å². The molecule has 0 bridgehead atoms. The number of likely N-dealkylation sites (N-methyl/N-ethyl adjacent to an activating group) is 1. The SMILES string of the molecule is Cc1ccccc1C(C(=O)N1CCC2(CCOCC2)CC1)N(C)C. The second-order valence-corrected chi connectivity index (χ2v) is 7.66. The molecule has 1 atom stereocenters. The van der Waals surface area contributed by atoms with Gasteiger partial charge in [-0.15, -0.1) is 0 Å². The summed E-state index contributed by atoms with van der Waals surface area (Å²) in [5, 5.41) is 0. The molecule has 24 heavy (non-hydrogen) atoms. The van der Waals surface area contributed by atoms with Crippen LogP contribution in [0.2, 0.25) is 0 Å². The van der Waals surface area contributed by atoms with Gasteiger partial charge in [0.05, 0.1) is 0 Å². The highest BCUT2D eigenvalue weighted by molar-refractivity contribution is 5.83. The van der Waals surface area contributed by atoms with Crippen molar-refractivity contribution in [2.45, 2.75) is 38.6 Å². The fraction of sp³-hybridized carbons (Fsp3) is 0.650. The maximum Gasteiger partial charge on any atom is 0.244 e. The molecular formula is C20H30N2O2. The molecule has 2 aliphatic heterocycles. The van der Waals surface area contributed by atoms with Crippen molar-refractivity contribution in [3.05, 3.63) is 35.4 Å². The van der Waals surface area contributed by atoms with E-state index in [0.29, 0.717) is 5.41 Å². The number of nitrogens with zero attached hydrogens (tertiary/aromatic N) is 2. The molecule has 1 amide bonds. The molecular weight excluding hydrogens is 300 g/mol. The molecule has 0 saturated carbocycles. The molecule has 0 aliphatic carbocycles. The minimum Gasteiger partial charge on any atom is -0.381 e. The molecule has 4 nitrogen and oxygen atoms in total. The molecule has 4 heteroatoms. The quantitative estimate of drug-likeness (QED) is 0.854. The zero-order valence-corrected chi connectivity index (χ0v) is 15.3. The maximum absolute atomic E-state index is 13.2. The third kappa shape index (κ3) is 3.50. The van der Waals surface area contributed by atoms with E-state index >= 15 is 0 Å². The van der Waals surface area contributed by atoms with Crippen molar-refractivity contribution in [2.75, 3.05) is 40.4 Å². The minimum atomic E-state index is -0.185. The Hall–Kier alpha value is -1.39. The Morgan fingerprint density at radius 1 is 1.12 bits per heavy atom. The van der Waals surface area contributed by atoms with Gasteiger partial charge in [-0.2, -0.15) is 0 Å². The zero-order chi connectivity index (χ0) is 17.2. The summed E-state index contributed by atoms with van der Waals surface area (Å²) >= 11 is 0. The lowest BCUT2D eigenvalue weighted by molar-refractivity contribution is -0.139. The Morgan fingerprint density at radius 3 is 2.33 bits per heavy atom. The van der Waals surface area contributed by atoms with Crippen LogP contribution in [0.4, 0.5) is 0 Å². The van der Waals surface area contributed by atoms with Gasteiger partial charge in [-0.05, 0) is 63.2 Å². The van der Waals surface area contributed by atoms with E-state index < -0.39 is 0 Å². The summed E-state index contributed by atoms with van der Waals surface area (Å²) in [5.74, 6) is 0.246. The van der Waals surface area contributed by atoms with E-state index in [1.54, 1.807) is 0 Å². The minimum absolute atomic E-state index is 0.185. The van der Waals surface area contributed by atoms with Crippen molar-refractivity contribution >= 4 is 5.91 Å². The van der Waals surface area contributed by atoms with Crippen LogP contribution in [0.25, 0.3) is 0 Å². The summed E-state index contributed by atoms with van der Waals surface area (Å²) in [6, 6.07) is 8.05. The van der Waals surface area contributed by atoms with Gasteiger partial charge in [0.25, 0.3) is 0 Å². The number of hydrogen-bond acceptors (Lipinski definition) is 3. The average Bonchev–Trinajstić information content (AvgIpc) is 2.58. The van der Waals surface area contributed by atoms with Gasteiger partial charge >= 0.3 is 0 Å². The second kappa shape index (κ2) is 7.24. The number of carbonyl (C=O) groups is 1. The van der Waals surface area contributed by atoms with Crippen LogP contribution in [-0.2, 0) is 9.53 Å². The number of aryl methyl sites for hydroxylation is 1. The van der Waals surface area contributed by atoms with Crippen LogP contribution in [-0.4, -0.2) is 56.1 Å². The Bertz CT molecular complexity index is 569. The predicted molar refractivity (Wildman–Crippen MR) is 95.9 cm³/mol. The number of amides is 1. The number of benzene rings is 1. The Labute approximate surface area is 145 Å². The fourth-order valence-electron chi connectivity index (χ4n) is 4.20. The predicted octanol–water partition coefficient (Wildman–Crippen LogP) is 3.02. The molecule has 1 aromatic carbocycles. The highest BCUT2D eigenvalue weighted by atomic mass is 16.5. The van der Waals surface area contributed by atoms with Crippen LogP contribution >= 0.6 is 0 Å². The van der Waals surface area contributed by atoms with Crippen LogP contribution in [0.5, 0.6) is 0 Å². The van der Waals surface area contributed by atoms with E-state index in [1.165, 1.54) is 5.56 Å². The normalized spacial score (nSPS) is 21.9. The van der Waals surface area contributed by atoms with E-state index in [1.807, 2.05) is 31.1 Å². The van der Waals surface area contributed by atoms with Gasteiger partial charge in [-0.25, -0.2) is 0 Å². The lowest BCUT2D eigenvalue weighted by Crippen LogP contribution is -2.48. The second-order valence-electron chi connectivity index (χ2n) is 7.66.